The monoisotopic (exact) mass is 340 g/mol. The van der Waals surface area contributed by atoms with Crippen LogP contribution in [-0.2, 0) is 4.79 Å². The molecule has 1 unspecified atom stereocenters. The smallest absolute Gasteiger partial charge is 0.244 e. The Hall–Kier alpha value is -1.95. The first kappa shape index (κ1) is 14.5. The number of benzene rings is 2. The second-order valence-electron chi connectivity index (χ2n) is 4.16. The molecular formula is C14H11BrF2N2O. The summed E-state index contributed by atoms with van der Waals surface area (Å²) >= 11 is 3.28. The molecule has 0 aliphatic rings. The fourth-order valence-corrected chi connectivity index (χ4v) is 2.18. The fourth-order valence-electron chi connectivity index (χ4n) is 1.78. The molecule has 0 saturated heterocycles. The topological polar surface area (TPSA) is 55.1 Å². The summed E-state index contributed by atoms with van der Waals surface area (Å²) in [4.78, 5) is 11.5. The zero-order valence-electron chi connectivity index (χ0n) is 10.2. The van der Waals surface area contributed by atoms with E-state index in [1.807, 2.05) is 0 Å². The Morgan fingerprint density at radius 1 is 1.20 bits per heavy atom. The van der Waals surface area contributed by atoms with Gasteiger partial charge in [0.2, 0.25) is 5.91 Å². The van der Waals surface area contributed by atoms with Gasteiger partial charge in [0.15, 0.2) is 0 Å². The van der Waals surface area contributed by atoms with E-state index in [2.05, 4.69) is 21.2 Å². The van der Waals surface area contributed by atoms with Gasteiger partial charge in [0.1, 0.15) is 17.7 Å². The fraction of sp³-hybridized carbons (Fsp3) is 0.0714. The molecule has 0 aliphatic carbocycles. The lowest BCUT2D eigenvalue weighted by Gasteiger charge is -2.18. The van der Waals surface area contributed by atoms with Crippen molar-refractivity contribution in [3.63, 3.8) is 0 Å². The van der Waals surface area contributed by atoms with Gasteiger partial charge in [-0.15, -0.1) is 0 Å². The molecule has 2 aromatic carbocycles. The van der Waals surface area contributed by atoms with Gasteiger partial charge in [-0.3, -0.25) is 4.79 Å². The lowest BCUT2D eigenvalue weighted by Crippen LogP contribution is -2.28. The van der Waals surface area contributed by atoms with Gasteiger partial charge in [0, 0.05) is 15.7 Å². The summed E-state index contributed by atoms with van der Waals surface area (Å²) in [6.07, 6.45) is 0. The summed E-state index contributed by atoms with van der Waals surface area (Å²) in [6.45, 7) is 0. The quantitative estimate of drug-likeness (QED) is 0.896. The molecule has 6 heteroatoms. The van der Waals surface area contributed by atoms with Crippen molar-refractivity contribution >= 4 is 27.5 Å². The van der Waals surface area contributed by atoms with Gasteiger partial charge in [-0.1, -0.05) is 22.0 Å². The molecule has 20 heavy (non-hydrogen) atoms. The summed E-state index contributed by atoms with van der Waals surface area (Å²) in [5, 5.41) is 2.79. The standard InChI is InChI=1S/C14H11BrF2N2O/c15-8-2-1-3-10(6-8)19-13(14(18)20)11-7-9(16)4-5-12(11)17/h1-7,13,19H,(H2,18,20). The molecule has 0 fully saturated rings. The van der Waals surface area contributed by atoms with Crippen LogP contribution in [0.1, 0.15) is 11.6 Å². The van der Waals surface area contributed by atoms with Crippen LogP contribution in [0.15, 0.2) is 46.9 Å². The third-order valence-corrected chi connectivity index (χ3v) is 3.18. The maximum Gasteiger partial charge on any atom is 0.244 e. The van der Waals surface area contributed by atoms with Crippen LogP contribution in [0.4, 0.5) is 14.5 Å². The summed E-state index contributed by atoms with van der Waals surface area (Å²) in [5.41, 5.74) is 5.71. The van der Waals surface area contributed by atoms with E-state index in [4.69, 9.17) is 5.73 Å². The summed E-state index contributed by atoms with van der Waals surface area (Å²) in [7, 11) is 0. The molecule has 0 spiro atoms. The molecule has 0 saturated carbocycles. The zero-order valence-corrected chi connectivity index (χ0v) is 11.8. The number of rotatable bonds is 4. The van der Waals surface area contributed by atoms with Crippen molar-refractivity contribution in [2.24, 2.45) is 5.73 Å². The Kier molecular flexibility index (Phi) is 4.34. The Bertz CT molecular complexity index is 649. The highest BCUT2D eigenvalue weighted by Gasteiger charge is 2.22. The van der Waals surface area contributed by atoms with Gasteiger partial charge in [-0.05, 0) is 36.4 Å². The lowest BCUT2D eigenvalue weighted by molar-refractivity contribution is -0.118. The average Bonchev–Trinajstić information content (AvgIpc) is 2.39. The molecule has 0 bridgehead atoms. The average molecular weight is 341 g/mol. The second-order valence-corrected chi connectivity index (χ2v) is 5.07. The Balaban J connectivity index is 2.37. The first-order valence-electron chi connectivity index (χ1n) is 5.74. The Labute approximate surface area is 122 Å². The van der Waals surface area contributed by atoms with Gasteiger partial charge < -0.3 is 11.1 Å². The highest BCUT2D eigenvalue weighted by atomic mass is 79.9. The minimum absolute atomic E-state index is 0.127. The van der Waals surface area contributed by atoms with Crippen LogP contribution < -0.4 is 11.1 Å². The number of amides is 1. The van der Waals surface area contributed by atoms with Gasteiger partial charge in [0.25, 0.3) is 0 Å². The number of carbonyl (C=O) groups is 1. The van der Waals surface area contributed by atoms with E-state index in [0.717, 1.165) is 22.7 Å². The molecule has 1 amide bonds. The molecule has 0 aromatic heterocycles. The molecule has 1 atom stereocenters. The summed E-state index contributed by atoms with van der Waals surface area (Å²) < 4.78 is 27.7. The third-order valence-electron chi connectivity index (χ3n) is 2.69. The number of anilines is 1. The Morgan fingerprint density at radius 3 is 2.60 bits per heavy atom. The molecule has 2 aromatic rings. The molecule has 0 aliphatic heterocycles. The second kappa shape index (κ2) is 6.00. The van der Waals surface area contributed by atoms with Gasteiger partial charge in [-0.2, -0.15) is 0 Å². The van der Waals surface area contributed by atoms with Crippen molar-refractivity contribution in [3.8, 4) is 0 Å². The minimum Gasteiger partial charge on any atom is -0.370 e. The van der Waals surface area contributed by atoms with E-state index < -0.39 is 23.6 Å². The molecule has 2 rings (SSSR count). The first-order valence-corrected chi connectivity index (χ1v) is 6.53. The first-order chi connectivity index (χ1) is 9.47. The largest absolute Gasteiger partial charge is 0.370 e. The van der Waals surface area contributed by atoms with Crippen LogP contribution in [0, 0.1) is 11.6 Å². The van der Waals surface area contributed by atoms with Gasteiger partial charge in [0.05, 0.1) is 0 Å². The predicted molar refractivity (Wildman–Crippen MR) is 76.1 cm³/mol. The third kappa shape index (κ3) is 3.33. The Morgan fingerprint density at radius 2 is 1.95 bits per heavy atom. The molecule has 0 radical (unpaired) electrons. The van der Waals surface area contributed by atoms with Crippen molar-refractivity contribution < 1.29 is 13.6 Å². The molecule has 0 heterocycles. The van der Waals surface area contributed by atoms with Crippen molar-refractivity contribution in [2.75, 3.05) is 5.32 Å². The number of halogens is 3. The molecule has 3 nitrogen and oxygen atoms in total. The SMILES string of the molecule is NC(=O)C(Nc1cccc(Br)c1)c1cc(F)ccc1F. The number of carbonyl (C=O) groups excluding carboxylic acids is 1. The maximum atomic E-state index is 13.7. The van der Waals surface area contributed by atoms with E-state index in [1.54, 1.807) is 24.3 Å². The number of nitrogens with one attached hydrogen (secondary N) is 1. The summed E-state index contributed by atoms with van der Waals surface area (Å²) in [5.74, 6) is -2.13. The van der Waals surface area contributed by atoms with E-state index >= 15 is 0 Å². The number of hydrogen-bond acceptors (Lipinski definition) is 2. The van der Waals surface area contributed by atoms with Crippen LogP contribution in [0.2, 0.25) is 0 Å². The molecule has 104 valence electrons. The number of hydrogen-bond donors (Lipinski definition) is 2. The maximum absolute atomic E-state index is 13.7. The van der Waals surface area contributed by atoms with Crippen molar-refractivity contribution in [2.45, 2.75) is 6.04 Å². The molecule has 3 N–H and O–H groups in total. The number of primary amides is 1. The van der Waals surface area contributed by atoms with Crippen LogP contribution in [0.25, 0.3) is 0 Å². The van der Waals surface area contributed by atoms with Gasteiger partial charge >= 0.3 is 0 Å². The van der Waals surface area contributed by atoms with Crippen LogP contribution >= 0.6 is 15.9 Å². The normalized spacial score (nSPS) is 11.9. The van der Waals surface area contributed by atoms with Crippen molar-refractivity contribution in [3.05, 3.63) is 64.1 Å². The summed E-state index contributed by atoms with van der Waals surface area (Å²) in [6, 6.07) is 8.68. The molecular weight excluding hydrogens is 330 g/mol. The van der Waals surface area contributed by atoms with E-state index in [0.29, 0.717) is 5.69 Å². The van der Waals surface area contributed by atoms with Crippen LogP contribution in [-0.4, -0.2) is 5.91 Å². The van der Waals surface area contributed by atoms with Crippen LogP contribution in [0.5, 0.6) is 0 Å². The van der Waals surface area contributed by atoms with Crippen LogP contribution in [0.3, 0.4) is 0 Å². The highest BCUT2D eigenvalue weighted by Crippen LogP contribution is 2.24. The number of nitrogens with two attached hydrogens (primary N) is 1. The lowest BCUT2D eigenvalue weighted by atomic mass is 10.0. The van der Waals surface area contributed by atoms with Crippen molar-refractivity contribution in [1.29, 1.82) is 0 Å². The van der Waals surface area contributed by atoms with E-state index in [9.17, 15) is 13.6 Å². The van der Waals surface area contributed by atoms with E-state index in [-0.39, 0.29) is 5.56 Å². The minimum atomic E-state index is -1.15. The van der Waals surface area contributed by atoms with E-state index in [1.165, 1.54) is 0 Å². The van der Waals surface area contributed by atoms with Gasteiger partial charge in [-0.25, -0.2) is 8.78 Å². The predicted octanol–water partition coefficient (Wildman–Crippen LogP) is 3.37. The highest BCUT2D eigenvalue weighted by molar-refractivity contribution is 9.10. The van der Waals surface area contributed by atoms with Crippen molar-refractivity contribution in [1.82, 2.24) is 0 Å². The zero-order chi connectivity index (χ0) is 14.7.